The average molecular weight is 462 g/mol. The highest BCUT2D eigenvalue weighted by Crippen LogP contribution is 2.28. The second-order valence-corrected chi connectivity index (χ2v) is 6.85. The molecule has 2 rings (SSSR count). The second-order valence-electron chi connectivity index (χ2n) is 4.82. The van der Waals surface area contributed by atoms with Gasteiger partial charge in [0.05, 0.1) is 0 Å². The van der Waals surface area contributed by atoms with Crippen LogP contribution < -0.4 is 15.9 Å². The molecule has 160 valence electrons. The van der Waals surface area contributed by atoms with Crippen LogP contribution in [0, 0.1) is 0 Å². The number of para-hydroxylation sites is 1. The zero-order valence-electron chi connectivity index (χ0n) is 14.2. The van der Waals surface area contributed by atoms with Crippen molar-refractivity contribution >= 4 is 28.9 Å². The molecule has 1 heterocycles. The molecule has 0 aliphatic carbocycles. The molecule has 0 saturated carbocycles. The molecule has 1 aromatic heterocycles. The lowest BCUT2D eigenvalue weighted by Gasteiger charge is -2.12. The van der Waals surface area contributed by atoms with Crippen LogP contribution in [-0.4, -0.2) is 36.7 Å². The quantitative estimate of drug-likeness (QED) is 0.383. The molecule has 1 aromatic carbocycles. The summed E-state index contributed by atoms with van der Waals surface area (Å²) in [5.74, 6) is -3.75. The third kappa shape index (κ3) is 6.01. The van der Waals surface area contributed by atoms with Crippen LogP contribution in [-0.2, 0) is 21.9 Å². The van der Waals surface area contributed by atoms with Crippen molar-refractivity contribution in [1.82, 2.24) is 19.8 Å². The van der Waals surface area contributed by atoms with Gasteiger partial charge in [0.25, 0.3) is 5.76 Å². The number of nitrogens with zero attached hydrogens (tertiary/aromatic N) is 3. The van der Waals surface area contributed by atoms with Gasteiger partial charge in [-0.1, -0.05) is 12.1 Å². The van der Waals surface area contributed by atoms with E-state index in [1.165, 1.54) is 19.1 Å². The molecule has 2 aromatic rings. The summed E-state index contributed by atoms with van der Waals surface area (Å²) in [6.45, 7) is 1.38. The van der Waals surface area contributed by atoms with Gasteiger partial charge in [-0.25, -0.2) is 13.8 Å². The van der Waals surface area contributed by atoms with Crippen molar-refractivity contribution in [3.8, 4) is 5.75 Å². The summed E-state index contributed by atoms with van der Waals surface area (Å²) in [6, 6.07) is 2.87. The number of nitrogens with one attached hydrogen (secondary N) is 1. The van der Waals surface area contributed by atoms with Gasteiger partial charge in [-0.15, -0.1) is 23.0 Å². The molecular formula is C13H11F5N4O5S2. The minimum Gasteiger partial charge on any atom is -0.404 e. The average Bonchev–Trinajstić information content (AvgIpc) is 2.93. The number of amides is 1. The van der Waals surface area contributed by atoms with Crippen LogP contribution >= 0.6 is 11.8 Å². The summed E-state index contributed by atoms with van der Waals surface area (Å²) >= 11 is -2.75. The first-order chi connectivity index (χ1) is 13.5. The molecule has 1 atom stereocenters. The van der Waals surface area contributed by atoms with E-state index in [9.17, 15) is 35.8 Å². The van der Waals surface area contributed by atoms with Crippen LogP contribution in [0.3, 0.4) is 0 Å². The van der Waals surface area contributed by atoms with Crippen molar-refractivity contribution in [2.45, 2.75) is 35.6 Å². The molecule has 0 radical (unpaired) electrons. The zero-order chi connectivity index (χ0) is 21.8. The number of aromatic nitrogens is 3. The summed E-state index contributed by atoms with van der Waals surface area (Å²) in [5, 5.41) is 2.97. The Labute approximate surface area is 165 Å². The lowest BCUT2D eigenvalue weighted by Crippen LogP contribution is -2.38. The maximum atomic E-state index is 12.5. The van der Waals surface area contributed by atoms with Crippen molar-refractivity contribution < 1.29 is 40.0 Å². The number of hydroxylamine groups is 1. The first-order valence-corrected chi connectivity index (χ1v) is 9.37. The van der Waals surface area contributed by atoms with E-state index >= 15 is 0 Å². The Morgan fingerprint density at radius 3 is 2.59 bits per heavy atom. The second kappa shape index (κ2) is 9.36. The fourth-order valence-electron chi connectivity index (χ4n) is 1.91. The van der Waals surface area contributed by atoms with Crippen molar-refractivity contribution in [2.24, 2.45) is 0 Å². The lowest BCUT2D eigenvalue weighted by atomic mass is 10.3. The van der Waals surface area contributed by atoms with Gasteiger partial charge in [-0.05, 0) is 30.8 Å². The summed E-state index contributed by atoms with van der Waals surface area (Å²) in [7, 11) is 0. The number of rotatable bonds is 7. The SMILES string of the molecule is CCn1c(SC(F)F)nn(C(=O)NOS(=O)c2ccccc2OC(F)(F)F)c1=O. The van der Waals surface area contributed by atoms with Crippen molar-refractivity contribution in [3.63, 3.8) is 0 Å². The zero-order valence-corrected chi connectivity index (χ0v) is 15.8. The highest BCUT2D eigenvalue weighted by atomic mass is 32.2. The molecule has 29 heavy (non-hydrogen) atoms. The topological polar surface area (TPSA) is 104 Å². The summed E-state index contributed by atoms with van der Waals surface area (Å²) in [4.78, 5) is 23.5. The molecule has 1 unspecified atom stereocenters. The fraction of sp³-hybridized carbons (Fsp3) is 0.308. The van der Waals surface area contributed by atoms with E-state index in [0.717, 1.165) is 16.7 Å². The van der Waals surface area contributed by atoms with Gasteiger partial charge in [-0.3, -0.25) is 4.57 Å². The molecule has 0 saturated heterocycles. The molecular weight excluding hydrogens is 451 g/mol. The van der Waals surface area contributed by atoms with Gasteiger partial charge in [0, 0.05) is 6.54 Å². The Bertz CT molecular complexity index is 962. The van der Waals surface area contributed by atoms with Crippen molar-refractivity contribution in [3.05, 3.63) is 34.7 Å². The fourth-order valence-corrected chi connectivity index (χ4v) is 3.23. The van der Waals surface area contributed by atoms with Crippen LogP contribution in [0.4, 0.5) is 26.7 Å². The van der Waals surface area contributed by atoms with Crippen LogP contribution in [0.1, 0.15) is 6.92 Å². The summed E-state index contributed by atoms with van der Waals surface area (Å²) < 4.78 is 83.4. The van der Waals surface area contributed by atoms with E-state index in [1.807, 2.05) is 0 Å². The third-order valence-electron chi connectivity index (χ3n) is 2.99. The third-order valence-corrected chi connectivity index (χ3v) is 4.61. The molecule has 0 spiro atoms. The summed E-state index contributed by atoms with van der Waals surface area (Å²) in [6.07, 6.45) is -5.07. The van der Waals surface area contributed by atoms with Gasteiger partial charge >= 0.3 is 18.1 Å². The van der Waals surface area contributed by atoms with Crippen LogP contribution in [0.2, 0.25) is 0 Å². The van der Waals surface area contributed by atoms with Crippen molar-refractivity contribution in [1.29, 1.82) is 0 Å². The number of carbonyl (C=O) groups excluding carboxylic acids is 1. The van der Waals surface area contributed by atoms with Gasteiger partial charge < -0.3 is 4.74 Å². The molecule has 1 N–H and O–H groups in total. The maximum absolute atomic E-state index is 12.5. The minimum atomic E-state index is -5.07. The number of hydrogen-bond donors (Lipinski definition) is 1. The van der Waals surface area contributed by atoms with E-state index in [-0.39, 0.29) is 23.0 Å². The maximum Gasteiger partial charge on any atom is 0.573 e. The van der Waals surface area contributed by atoms with Crippen LogP contribution in [0.15, 0.2) is 39.1 Å². The minimum absolute atomic E-state index is 0.0733. The summed E-state index contributed by atoms with van der Waals surface area (Å²) in [5.41, 5.74) is 0.480. The highest BCUT2D eigenvalue weighted by molar-refractivity contribution is 7.99. The van der Waals surface area contributed by atoms with E-state index < -0.39 is 50.7 Å². The first-order valence-electron chi connectivity index (χ1n) is 7.42. The molecule has 9 nitrogen and oxygen atoms in total. The van der Waals surface area contributed by atoms with E-state index in [1.54, 1.807) is 5.48 Å². The van der Waals surface area contributed by atoms with Crippen molar-refractivity contribution in [2.75, 3.05) is 0 Å². The first kappa shape index (κ1) is 22.8. The molecule has 1 amide bonds. The Hall–Kier alpha value is -2.46. The van der Waals surface area contributed by atoms with Crippen LogP contribution in [0.25, 0.3) is 0 Å². The van der Waals surface area contributed by atoms with Gasteiger partial charge in [0.1, 0.15) is 10.6 Å². The van der Waals surface area contributed by atoms with Crippen LogP contribution in [0.5, 0.6) is 5.75 Å². The normalized spacial score (nSPS) is 12.8. The number of hydrogen-bond acceptors (Lipinski definition) is 7. The molecule has 16 heteroatoms. The number of alkyl halides is 5. The number of thioether (sulfide) groups is 1. The van der Waals surface area contributed by atoms with Gasteiger partial charge in [0.15, 0.2) is 5.16 Å². The highest BCUT2D eigenvalue weighted by Gasteiger charge is 2.33. The molecule has 0 fully saturated rings. The number of carbonyl (C=O) groups is 1. The number of halogens is 5. The monoisotopic (exact) mass is 462 g/mol. The molecule has 0 bridgehead atoms. The van der Waals surface area contributed by atoms with E-state index in [2.05, 4.69) is 14.1 Å². The lowest BCUT2D eigenvalue weighted by molar-refractivity contribution is -0.275. The predicted octanol–water partition coefficient (Wildman–Crippen LogP) is 2.49. The smallest absolute Gasteiger partial charge is 0.404 e. The Morgan fingerprint density at radius 2 is 2.00 bits per heavy atom. The van der Waals surface area contributed by atoms with E-state index in [0.29, 0.717) is 0 Å². The largest absolute Gasteiger partial charge is 0.573 e. The Morgan fingerprint density at radius 1 is 1.34 bits per heavy atom. The van der Waals surface area contributed by atoms with Gasteiger partial charge in [-0.2, -0.15) is 18.5 Å². The molecule has 0 aliphatic rings. The van der Waals surface area contributed by atoms with Gasteiger partial charge in [0.2, 0.25) is 11.1 Å². The Balaban J connectivity index is 2.15. The number of benzene rings is 1. The molecule has 0 aliphatic heterocycles. The predicted molar refractivity (Wildman–Crippen MR) is 88.6 cm³/mol. The number of ether oxygens (including phenoxy) is 1. The standard InChI is InChI=1S/C13H11F5N4O5S2/c1-2-21-11(28-9(14)15)19-22(12(21)24)10(23)20-27-29(25)8-6-4-3-5-7(8)26-13(16,17)18/h3-6,9H,2H2,1H3,(H,20,23). The van der Waals surface area contributed by atoms with E-state index in [4.69, 9.17) is 0 Å². The Kier molecular flexibility index (Phi) is 7.37.